The molecule has 3 nitrogen and oxygen atoms in total. The molecule has 2 N–H and O–H groups in total. The van der Waals surface area contributed by atoms with Crippen molar-refractivity contribution in [2.75, 3.05) is 12.8 Å². The Bertz CT molecular complexity index is 646. The summed E-state index contributed by atoms with van der Waals surface area (Å²) in [4.78, 5) is 13.8. The number of benzene rings is 2. The molecular weight excluding hydrogens is 323 g/mol. The van der Waals surface area contributed by atoms with E-state index in [-0.39, 0.29) is 11.7 Å². The highest BCUT2D eigenvalue weighted by molar-refractivity contribution is 9.10. The first-order chi connectivity index (χ1) is 9.47. The molecule has 0 aliphatic rings. The van der Waals surface area contributed by atoms with Crippen LogP contribution in [0.1, 0.15) is 15.9 Å². The van der Waals surface area contributed by atoms with E-state index in [1.807, 2.05) is 0 Å². The van der Waals surface area contributed by atoms with Crippen LogP contribution in [0.2, 0.25) is 0 Å². The summed E-state index contributed by atoms with van der Waals surface area (Å²) in [6, 6.07) is 11.2. The third-order valence-corrected chi connectivity index (χ3v) is 3.59. The van der Waals surface area contributed by atoms with Gasteiger partial charge in [-0.25, -0.2) is 4.39 Å². The summed E-state index contributed by atoms with van der Waals surface area (Å²) < 4.78 is 13.8. The molecule has 0 heterocycles. The number of hydrogen-bond acceptors (Lipinski definition) is 2. The molecule has 0 unspecified atom stereocenters. The maximum absolute atomic E-state index is 13.1. The first-order valence-electron chi connectivity index (χ1n) is 6.02. The van der Waals surface area contributed by atoms with Crippen LogP contribution >= 0.6 is 15.9 Å². The van der Waals surface area contributed by atoms with Gasteiger partial charge < -0.3 is 10.6 Å². The fourth-order valence-electron chi connectivity index (χ4n) is 1.86. The molecule has 20 heavy (non-hydrogen) atoms. The van der Waals surface area contributed by atoms with Crippen LogP contribution in [0.3, 0.4) is 0 Å². The molecule has 0 radical (unpaired) electrons. The Kier molecular flexibility index (Phi) is 4.39. The minimum Gasteiger partial charge on any atom is -0.398 e. The molecule has 0 atom stereocenters. The van der Waals surface area contributed by atoms with E-state index in [0.717, 1.165) is 5.56 Å². The van der Waals surface area contributed by atoms with Crippen LogP contribution in [-0.2, 0) is 6.54 Å². The van der Waals surface area contributed by atoms with Crippen LogP contribution in [0, 0.1) is 5.82 Å². The largest absolute Gasteiger partial charge is 0.398 e. The lowest BCUT2D eigenvalue weighted by atomic mass is 10.1. The Morgan fingerprint density at radius 1 is 1.30 bits per heavy atom. The number of rotatable bonds is 3. The second kappa shape index (κ2) is 6.05. The maximum atomic E-state index is 13.1. The van der Waals surface area contributed by atoms with E-state index in [1.54, 1.807) is 37.4 Å². The third-order valence-electron chi connectivity index (χ3n) is 2.90. The SMILES string of the molecule is CN(Cc1cccc(F)c1)C(=O)c1ccc(N)c(Br)c1. The van der Waals surface area contributed by atoms with Crippen molar-refractivity contribution in [2.24, 2.45) is 0 Å². The number of anilines is 1. The molecular formula is C15H14BrFN2O. The van der Waals surface area contributed by atoms with E-state index in [4.69, 9.17) is 5.73 Å². The summed E-state index contributed by atoms with van der Waals surface area (Å²) in [5.74, 6) is -0.450. The third kappa shape index (κ3) is 3.36. The van der Waals surface area contributed by atoms with Gasteiger partial charge in [0.05, 0.1) is 0 Å². The predicted molar refractivity (Wildman–Crippen MR) is 80.8 cm³/mol. The molecule has 0 saturated carbocycles. The van der Waals surface area contributed by atoms with Gasteiger partial charge in [-0.15, -0.1) is 0 Å². The quantitative estimate of drug-likeness (QED) is 0.872. The van der Waals surface area contributed by atoms with E-state index in [2.05, 4.69) is 15.9 Å². The molecule has 104 valence electrons. The van der Waals surface area contributed by atoms with Crippen LogP contribution in [-0.4, -0.2) is 17.9 Å². The highest BCUT2D eigenvalue weighted by Gasteiger charge is 2.13. The Morgan fingerprint density at radius 2 is 2.05 bits per heavy atom. The summed E-state index contributed by atoms with van der Waals surface area (Å²) in [6.45, 7) is 0.346. The smallest absolute Gasteiger partial charge is 0.253 e. The van der Waals surface area contributed by atoms with E-state index in [9.17, 15) is 9.18 Å². The number of nitrogens with zero attached hydrogens (tertiary/aromatic N) is 1. The van der Waals surface area contributed by atoms with Gasteiger partial charge in [0.2, 0.25) is 0 Å². The van der Waals surface area contributed by atoms with Crippen LogP contribution in [0.15, 0.2) is 46.9 Å². The highest BCUT2D eigenvalue weighted by atomic mass is 79.9. The average Bonchev–Trinajstić information content (AvgIpc) is 2.41. The van der Waals surface area contributed by atoms with E-state index >= 15 is 0 Å². The molecule has 0 saturated heterocycles. The summed E-state index contributed by atoms with van der Waals surface area (Å²) >= 11 is 3.29. The molecule has 2 aromatic rings. The number of nitrogens with two attached hydrogens (primary N) is 1. The number of hydrogen-bond donors (Lipinski definition) is 1. The molecule has 0 aromatic heterocycles. The van der Waals surface area contributed by atoms with Crippen molar-refractivity contribution in [3.8, 4) is 0 Å². The van der Waals surface area contributed by atoms with Crippen molar-refractivity contribution >= 4 is 27.5 Å². The minimum atomic E-state index is -0.307. The second-order valence-electron chi connectivity index (χ2n) is 4.53. The minimum absolute atomic E-state index is 0.144. The fraction of sp³-hybridized carbons (Fsp3) is 0.133. The molecule has 0 aliphatic carbocycles. The summed E-state index contributed by atoms with van der Waals surface area (Å²) in [7, 11) is 1.68. The molecule has 2 aromatic carbocycles. The van der Waals surface area contributed by atoms with Crippen molar-refractivity contribution in [3.63, 3.8) is 0 Å². The molecule has 5 heteroatoms. The van der Waals surface area contributed by atoms with Gasteiger partial charge in [0.25, 0.3) is 5.91 Å². The first kappa shape index (κ1) is 14.5. The Balaban J connectivity index is 2.14. The number of nitrogen functional groups attached to an aromatic ring is 1. The molecule has 1 amide bonds. The monoisotopic (exact) mass is 336 g/mol. The fourth-order valence-corrected chi connectivity index (χ4v) is 2.24. The van der Waals surface area contributed by atoms with Crippen molar-refractivity contribution in [2.45, 2.75) is 6.54 Å². The zero-order valence-corrected chi connectivity index (χ0v) is 12.5. The highest BCUT2D eigenvalue weighted by Crippen LogP contribution is 2.21. The van der Waals surface area contributed by atoms with Crippen LogP contribution < -0.4 is 5.73 Å². The van der Waals surface area contributed by atoms with Gasteiger partial charge in [0.15, 0.2) is 0 Å². The van der Waals surface area contributed by atoms with Gasteiger partial charge in [0, 0.05) is 29.3 Å². The predicted octanol–water partition coefficient (Wildman–Crippen LogP) is 3.44. The van der Waals surface area contributed by atoms with E-state index < -0.39 is 0 Å². The van der Waals surface area contributed by atoms with Crippen LogP contribution in [0.25, 0.3) is 0 Å². The molecule has 0 bridgehead atoms. The van der Waals surface area contributed by atoms with Crippen molar-refractivity contribution in [1.29, 1.82) is 0 Å². The summed E-state index contributed by atoms with van der Waals surface area (Å²) in [6.07, 6.45) is 0. The molecule has 0 fully saturated rings. The standard InChI is InChI=1S/C15H14BrFN2O/c1-19(9-10-3-2-4-12(17)7-10)15(20)11-5-6-14(18)13(16)8-11/h2-8H,9,18H2,1H3. The number of amides is 1. The summed E-state index contributed by atoms with van der Waals surface area (Å²) in [5, 5.41) is 0. The first-order valence-corrected chi connectivity index (χ1v) is 6.81. The lowest BCUT2D eigenvalue weighted by Gasteiger charge is -2.17. The van der Waals surface area contributed by atoms with Gasteiger partial charge in [-0.2, -0.15) is 0 Å². The van der Waals surface area contributed by atoms with Gasteiger partial charge >= 0.3 is 0 Å². The zero-order valence-electron chi connectivity index (χ0n) is 10.9. The Labute approximate surface area is 125 Å². The average molecular weight is 337 g/mol. The number of carbonyl (C=O) groups is 1. The molecule has 2 rings (SSSR count). The normalized spacial score (nSPS) is 10.3. The second-order valence-corrected chi connectivity index (χ2v) is 5.38. The van der Waals surface area contributed by atoms with Crippen molar-refractivity contribution in [3.05, 3.63) is 63.9 Å². The zero-order chi connectivity index (χ0) is 14.7. The Hall–Kier alpha value is -1.88. The van der Waals surface area contributed by atoms with E-state index in [1.165, 1.54) is 17.0 Å². The van der Waals surface area contributed by atoms with Gasteiger partial charge in [-0.05, 0) is 51.8 Å². The lowest BCUT2D eigenvalue weighted by molar-refractivity contribution is 0.0785. The number of halogens is 2. The van der Waals surface area contributed by atoms with Crippen LogP contribution in [0.5, 0.6) is 0 Å². The van der Waals surface area contributed by atoms with E-state index in [0.29, 0.717) is 22.3 Å². The van der Waals surface area contributed by atoms with Crippen LogP contribution in [0.4, 0.5) is 10.1 Å². The lowest BCUT2D eigenvalue weighted by Crippen LogP contribution is -2.26. The summed E-state index contributed by atoms with van der Waals surface area (Å²) in [5.41, 5.74) is 7.55. The maximum Gasteiger partial charge on any atom is 0.253 e. The van der Waals surface area contributed by atoms with Crippen molar-refractivity contribution < 1.29 is 9.18 Å². The van der Waals surface area contributed by atoms with Gasteiger partial charge in [-0.3, -0.25) is 4.79 Å². The van der Waals surface area contributed by atoms with Gasteiger partial charge in [0.1, 0.15) is 5.82 Å². The molecule has 0 spiro atoms. The molecule has 0 aliphatic heterocycles. The number of carbonyl (C=O) groups excluding carboxylic acids is 1. The topological polar surface area (TPSA) is 46.3 Å². The Morgan fingerprint density at radius 3 is 2.70 bits per heavy atom. The van der Waals surface area contributed by atoms with Crippen molar-refractivity contribution in [1.82, 2.24) is 4.90 Å². The van der Waals surface area contributed by atoms with Gasteiger partial charge in [-0.1, -0.05) is 12.1 Å².